The van der Waals surface area contributed by atoms with Gasteiger partial charge >= 0.3 is 5.97 Å². The second-order valence-electron chi connectivity index (χ2n) is 4.89. The van der Waals surface area contributed by atoms with Gasteiger partial charge in [-0.25, -0.2) is 0 Å². The van der Waals surface area contributed by atoms with Crippen LogP contribution in [0.4, 0.5) is 0 Å². The molecule has 2 rings (SSSR count). The first kappa shape index (κ1) is 13.8. The zero-order valence-corrected chi connectivity index (χ0v) is 12.1. The van der Waals surface area contributed by atoms with Crippen molar-refractivity contribution in [1.82, 2.24) is 15.5 Å². The Morgan fingerprint density at radius 1 is 1.78 bits per heavy atom. The molecule has 2 atom stereocenters. The summed E-state index contributed by atoms with van der Waals surface area (Å²) in [6.07, 6.45) is 2.74. The van der Waals surface area contributed by atoms with E-state index in [1.807, 2.05) is 6.92 Å². The second kappa shape index (κ2) is 5.54. The van der Waals surface area contributed by atoms with Crippen molar-refractivity contribution >= 4 is 29.1 Å². The molecule has 1 saturated carbocycles. The fourth-order valence-electron chi connectivity index (χ4n) is 1.89. The van der Waals surface area contributed by atoms with E-state index in [-0.39, 0.29) is 5.25 Å². The number of carboxylic acid groups (broad SMARTS) is 1. The predicted octanol–water partition coefficient (Wildman–Crippen LogP) is 2.00. The Morgan fingerprint density at radius 3 is 3.00 bits per heavy atom. The molecule has 0 aliphatic heterocycles. The molecule has 0 saturated heterocycles. The van der Waals surface area contributed by atoms with Gasteiger partial charge in [-0.2, -0.15) is 0 Å². The summed E-state index contributed by atoms with van der Waals surface area (Å²) in [5, 5.41) is 20.6. The monoisotopic (exact) mass is 287 g/mol. The van der Waals surface area contributed by atoms with Gasteiger partial charge in [0.1, 0.15) is 11.0 Å². The summed E-state index contributed by atoms with van der Waals surface area (Å²) in [4.78, 5) is 11.4. The molecule has 7 heteroatoms. The lowest BCUT2D eigenvalue weighted by Gasteiger charge is -2.28. The summed E-state index contributed by atoms with van der Waals surface area (Å²) in [6, 6.07) is 0.379. The van der Waals surface area contributed by atoms with Crippen molar-refractivity contribution in [3.05, 3.63) is 5.51 Å². The first-order chi connectivity index (χ1) is 8.49. The van der Waals surface area contributed by atoms with E-state index >= 15 is 0 Å². The van der Waals surface area contributed by atoms with Gasteiger partial charge in [0.25, 0.3) is 0 Å². The lowest BCUT2D eigenvalue weighted by atomic mass is 9.96. The predicted molar refractivity (Wildman–Crippen MR) is 72.0 cm³/mol. The quantitative estimate of drug-likeness (QED) is 0.747. The Hall–Kier alpha value is -0.660. The van der Waals surface area contributed by atoms with Crippen molar-refractivity contribution in [2.75, 3.05) is 0 Å². The maximum atomic E-state index is 11.4. The molecule has 18 heavy (non-hydrogen) atoms. The molecule has 0 aromatic carbocycles. The highest BCUT2D eigenvalue weighted by Gasteiger charge is 2.39. The molecule has 0 amide bonds. The van der Waals surface area contributed by atoms with Crippen LogP contribution in [0, 0.1) is 0 Å². The number of hydrogen-bond donors (Lipinski definition) is 2. The lowest BCUT2D eigenvalue weighted by molar-refractivity contribution is -0.144. The van der Waals surface area contributed by atoms with Gasteiger partial charge in [-0.15, -0.1) is 10.2 Å². The smallest absolute Gasteiger partial charge is 0.323 e. The van der Waals surface area contributed by atoms with Crippen LogP contribution in [0.2, 0.25) is 0 Å². The zero-order valence-electron chi connectivity index (χ0n) is 10.4. The molecule has 0 bridgehead atoms. The van der Waals surface area contributed by atoms with Crippen molar-refractivity contribution in [2.24, 2.45) is 0 Å². The molecule has 5 nitrogen and oxygen atoms in total. The standard InChI is InChI=1S/C11H17N3O2S2/c1-7(18-10-14-12-6-17-10)5-11(2,9(15)16)13-8-3-4-8/h6-8,13H,3-5H2,1-2H3,(H,15,16). The number of carbonyl (C=O) groups is 1. The number of thioether (sulfide) groups is 1. The van der Waals surface area contributed by atoms with Crippen LogP contribution in [-0.4, -0.2) is 38.1 Å². The van der Waals surface area contributed by atoms with Gasteiger partial charge in [0.2, 0.25) is 0 Å². The first-order valence-corrected chi connectivity index (χ1v) is 7.69. The minimum atomic E-state index is -0.849. The van der Waals surface area contributed by atoms with E-state index in [1.54, 1.807) is 24.2 Å². The molecule has 1 aromatic rings. The van der Waals surface area contributed by atoms with E-state index in [0.717, 1.165) is 17.2 Å². The van der Waals surface area contributed by atoms with Crippen LogP contribution in [0.5, 0.6) is 0 Å². The molecule has 1 aliphatic rings. The molecule has 1 fully saturated rings. The number of aliphatic carboxylic acids is 1. The van der Waals surface area contributed by atoms with E-state index in [0.29, 0.717) is 12.5 Å². The van der Waals surface area contributed by atoms with Gasteiger partial charge in [0.15, 0.2) is 4.34 Å². The van der Waals surface area contributed by atoms with Gasteiger partial charge in [-0.1, -0.05) is 30.0 Å². The summed E-state index contributed by atoms with van der Waals surface area (Å²) >= 11 is 3.07. The second-order valence-corrected chi connectivity index (χ2v) is 7.41. The maximum absolute atomic E-state index is 11.4. The number of carboxylic acids is 1. The Kier molecular flexibility index (Phi) is 4.24. The Balaban J connectivity index is 1.92. The van der Waals surface area contributed by atoms with Gasteiger partial charge < -0.3 is 5.11 Å². The van der Waals surface area contributed by atoms with Crippen molar-refractivity contribution in [2.45, 2.75) is 54.3 Å². The number of aromatic nitrogens is 2. The van der Waals surface area contributed by atoms with Crippen LogP contribution >= 0.6 is 23.1 Å². The third kappa shape index (κ3) is 3.66. The lowest BCUT2D eigenvalue weighted by Crippen LogP contribution is -2.51. The Morgan fingerprint density at radius 2 is 2.50 bits per heavy atom. The third-order valence-electron chi connectivity index (χ3n) is 2.91. The normalized spacial score (nSPS) is 20.3. The summed E-state index contributed by atoms with van der Waals surface area (Å²) < 4.78 is 0.890. The van der Waals surface area contributed by atoms with Crippen LogP contribution in [0.25, 0.3) is 0 Å². The summed E-state index contributed by atoms with van der Waals surface area (Å²) in [5.41, 5.74) is 0.839. The Bertz CT molecular complexity index is 408. The van der Waals surface area contributed by atoms with Gasteiger partial charge in [0, 0.05) is 11.3 Å². The zero-order chi connectivity index (χ0) is 13.2. The average molecular weight is 287 g/mol. The first-order valence-electron chi connectivity index (χ1n) is 5.93. The van der Waals surface area contributed by atoms with E-state index < -0.39 is 11.5 Å². The van der Waals surface area contributed by atoms with Crippen LogP contribution in [0.3, 0.4) is 0 Å². The van der Waals surface area contributed by atoms with Crippen LogP contribution in [-0.2, 0) is 4.79 Å². The molecular weight excluding hydrogens is 270 g/mol. The maximum Gasteiger partial charge on any atom is 0.323 e. The largest absolute Gasteiger partial charge is 0.480 e. The summed E-state index contributed by atoms with van der Waals surface area (Å²) in [7, 11) is 0. The fourth-order valence-corrected chi connectivity index (χ4v) is 3.87. The highest BCUT2D eigenvalue weighted by molar-refractivity contribution is 8.01. The van der Waals surface area contributed by atoms with Crippen molar-refractivity contribution in [3.63, 3.8) is 0 Å². The number of rotatable bonds is 7. The SMILES string of the molecule is CC(CC(C)(NC1CC1)C(=O)O)Sc1nncs1. The topological polar surface area (TPSA) is 75.1 Å². The van der Waals surface area contributed by atoms with Gasteiger partial charge in [-0.3, -0.25) is 10.1 Å². The molecule has 2 N–H and O–H groups in total. The van der Waals surface area contributed by atoms with E-state index in [9.17, 15) is 9.90 Å². The Labute approximate surface area is 114 Å². The van der Waals surface area contributed by atoms with E-state index in [1.165, 1.54) is 11.3 Å². The molecule has 1 aromatic heterocycles. The summed E-state index contributed by atoms with van der Waals surface area (Å²) in [6.45, 7) is 3.80. The molecule has 100 valence electrons. The minimum absolute atomic E-state index is 0.185. The van der Waals surface area contributed by atoms with Crippen molar-refractivity contribution in [1.29, 1.82) is 0 Å². The van der Waals surface area contributed by atoms with Crippen LogP contribution in [0.15, 0.2) is 9.85 Å². The molecule has 1 aliphatic carbocycles. The van der Waals surface area contributed by atoms with E-state index in [4.69, 9.17) is 0 Å². The van der Waals surface area contributed by atoms with Crippen molar-refractivity contribution in [3.8, 4) is 0 Å². The number of nitrogens with one attached hydrogen (secondary N) is 1. The van der Waals surface area contributed by atoms with Gasteiger partial charge in [0.05, 0.1) is 0 Å². The highest BCUT2D eigenvalue weighted by Crippen LogP contribution is 2.31. The average Bonchev–Trinajstić information content (AvgIpc) is 2.92. The van der Waals surface area contributed by atoms with Crippen molar-refractivity contribution < 1.29 is 9.90 Å². The van der Waals surface area contributed by atoms with E-state index in [2.05, 4.69) is 15.5 Å². The fraction of sp³-hybridized carbons (Fsp3) is 0.727. The highest BCUT2D eigenvalue weighted by atomic mass is 32.2. The van der Waals surface area contributed by atoms with Crippen LogP contribution < -0.4 is 5.32 Å². The molecular formula is C11H17N3O2S2. The molecule has 0 spiro atoms. The molecule has 2 unspecified atom stereocenters. The molecule has 1 heterocycles. The summed E-state index contributed by atoms with van der Waals surface area (Å²) in [5.74, 6) is -0.779. The minimum Gasteiger partial charge on any atom is -0.480 e. The van der Waals surface area contributed by atoms with Gasteiger partial charge in [-0.05, 0) is 26.2 Å². The third-order valence-corrected chi connectivity index (χ3v) is 4.82. The number of hydrogen-bond acceptors (Lipinski definition) is 6. The molecule has 0 radical (unpaired) electrons. The van der Waals surface area contributed by atoms with Crippen LogP contribution in [0.1, 0.15) is 33.1 Å². The number of nitrogens with zero attached hydrogens (tertiary/aromatic N) is 2.